The van der Waals surface area contributed by atoms with Gasteiger partial charge in [0.1, 0.15) is 5.75 Å². The highest BCUT2D eigenvalue weighted by Gasteiger charge is 2.15. The number of H-pyrrole nitrogens is 1. The molecule has 0 radical (unpaired) electrons. The fourth-order valence-corrected chi connectivity index (χ4v) is 1.96. The molecular formula is C12H10N2O. The molecule has 74 valence electrons. The largest absolute Gasteiger partial charge is 0.507 e. The zero-order valence-electron chi connectivity index (χ0n) is 7.99. The molecule has 3 nitrogen and oxygen atoms in total. The molecule has 1 aromatic rings. The number of nitrogens with two attached hydrogens (primary N) is 1. The first-order valence-electron chi connectivity index (χ1n) is 4.75. The van der Waals surface area contributed by atoms with E-state index in [0.29, 0.717) is 11.3 Å². The topological polar surface area (TPSA) is 62.0 Å². The number of para-hydroxylation sites is 1. The van der Waals surface area contributed by atoms with E-state index in [2.05, 4.69) is 4.98 Å². The third kappa shape index (κ3) is 1.00. The summed E-state index contributed by atoms with van der Waals surface area (Å²) in [5, 5.41) is 10.6. The summed E-state index contributed by atoms with van der Waals surface area (Å²) in [4.78, 5) is 3.23. The van der Waals surface area contributed by atoms with E-state index >= 15 is 0 Å². The zero-order valence-corrected chi connectivity index (χ0v) is 7.99. The first kappa shape index (κ1) is 8.17. The third-order valence-electron chi connectivity index (χ3n) is 2.69. The van der Waals surface area contributed by atoms with Crippen LogP contribution in [0.4, 0.5) is 5.69 Å². The summed E-state index contributed by atoms with van der Waals surface area (Å²) in [6.45, 7) is 0. The number of aromatic hydroxyl groups is 1. The Morgan fingerprint density at radius 1 is 1.07 bits per heavy atom. The lowest BCUT2D eigenvalue weighted by molar-refractivity contribution is 0.479. The number of hydrogen-bond acceptors (Lipinski definition) is 2. The van der Waals surface area contributed by atoms with Gasteiger partial charge in [-0.25, -0.2) is 0 Å². The predicted octanol–water partition coefficient (Wildman–Crippen LogP) is 2.56. The van der Waals surface area contributed by atoms with Crippen molar-refractivity contribution in [2.24, 2.45) is 0 Å². The molecule has 0 saturated heterocycles. The van der Waals surface area contributed by atoms with Gasteiger partial charge in [0.2, 0.25) is 0 Å². The number of rotatable bonds is 0. The maximum absolute atomic E-state index is 9.65. The molecule has 0 aromatic heterocycles. The molecule has 3 rings (SSSR count). The third-order valence-corrected chi connectivity index (χ3v) is 2.69. The molecule has 1 aliphatic heterocycles. The zero-order chi connectivity index (χ0) is 10.4. The van der Waals surface area contributed by atoms with Crippen LogP contribution in [0.5, 0.6) is 5.75 Å². The summed E-state index contributed by atoms with van der Waals surface area (Å²) in [5.41, 5.74) is 9.19. The fraction of sp³-hybridized carbons (Fsp3) is 0. The van der Waals surface area contributed by atoms with Crippen molar-refractivity contribution in [1.29, 1.82) is 0 Å². The molecule has 4 N–H and O–H groups in total. The Morgan fingerprint density at radius 3 is 2.73 bits per heavy atom. The fourth-order valence-electron chi connectivity index (χ4n) is 1.96. The maximum atomic E-state index is 9.65. The van der Waals surface area contributed by atoms with Crippen molar-refractivity contribution in [3.05, 3.63) is 36.4 Å². The van der Waals surface area contributed by atoms with Gasteiger partial charge in [-0.3, -0.25) is 0 Å². The molecule has 0 unspecified atom stereocenters. The normalized spacial score (nSPS) is 11.2. The summed E-state index contributed by atoms with van der Waals surface area (Å²) in [7, 11) is 0. The van der Waals surface area contributed by atoms with Gasteiger partial charge in [0.15, 0.2) is 0 Å². The first-order chi connectivity index (χ1) is 7.27. The molecule has 15 heavy (non-hydrogen) atoms. The summed E-state index contributed by atoms with van der Waals surface area (Å²) in [6.07, 6.45) is 0. The summed E-state index contributed by atoms with van der Waals surface area (Å²) >= 11 is 0. The first-order valence-corrected chi connectivity index (χ1v) is 4.75. The molecule has 2 aliphatic rings. The second-order valence-electron chi connectivity index (χ2n) is 3.59. The van der Waals surface area contributed by atoms with Gasteiger partial charge in [0.25, 0.3) is 0 Å². The van der Waals surface area contributed by atoms with E-state index in [0.717, 1.165) is 16.6 Å². The number of aromatic amines is 1. The van der Waals surface area contributed by atoms with Crippen LogP contribution in [0.2, 0.25) is 0 Å². The van der Waals surface area contributed by atoms with Crippen LogP contribution in [0.15, 0.2) is 36.4 Å². The van der Waals surface area contributed by atoms with E-state index in [1.165, 1.54) is 0 Å². The Bertz CT molecular complexity index is 612. The second kappa shape index (κ2) is 2.67. The second-order valence-corrected chi connectivity index (χ2v) is 3.59. The molecule has 1 aromatic carbocycles. The highest BCUT2D eigenvalue weighted by molar-refractivity contribution is 6.01. The number of pyridine rings is 1. The van der Waals surface area contributed by atoms with Gasteiger partial charge in [0, 0.05) is 10.9 Å². The van der Waals surface area contributed by atoms with E-state index < -0.39 is 0 Å². The molecular weight excluding hydrogens is 188 g/mol. The van der Waals surface area contributed by atoms with E-state index in [1.54, 1.807) is 6.07 Å². The van der Waals surface area contributed by atoms with Crippen molar-refractivity contribution in [1.82, 2.24) is 4.98 Å². The van der Waals surface area contributed by atoms with E-state index in [9.17, 15) is 5.11 Å². The molecule has 0 amide bonds. The predicted molar refractivity (Wildman–Crippen MR) is 61.0 cm³/mol. The minimum atomic E-state index is 0.226. The molecule has 1 aliphatic carbocycles. The van der Waals surface area contributed by atoms with E-state index in [-0.39, 0.29) is 5.75 Å². The number of nitrogen functional groups attached to an aromatic ring is 1. The number of anilines is 1. The van der Waals surface area contributed by atoms with E-state index in [4.69, 9.17) is 5.73 Å². The lowest BCUT2D eigenvalue weighted by Crippen LogP contribution is -1.94. The van der Waals surface area contributed by atoms with Gasteiger partial charge in [-0.15, -0.1) is 0 Å². The van der Waals surface area contributed by atoms with Crippen molar-refractivity contribution in [3.63, 3.8) is 0 Å². The van der Waals surface area contributed by atoms with Crippen LogP contribution in [0, 0.1) is 0 Å². The lowest BCUT2D eigenvalue weighted by atomic mass is 10.1. The Hall–Kier alpha value is -2.16. The van der Waals surface area contributed by atoms with Crippen LogP contribution < -0.4 is 5.73 Å². The molecule has 0 fully saturated rings. The quantitative estimate of drug-likeness (QED) is 0.519. The van der Waals surface area contributed by atoms with Gasteiger partial charge < -0.3 is 15.8 Å². The monoisotopic (exact) mass is 198 g/mol. The summed E-state index contributed by atoms with van der Waals surface area (Å²) < 4.78 is 0. The standard InChI is InChI=1S/C12H10N2O/c13-12-7-3-1-2-4-8(7)14-9-5-6-10(15)11(9)12/h1-6,14-15H,13H2. The van der Waals surface area contributed by atoms with Crippen LogP contribution in [0.3, 0.4) is 0 Å². The highest BCUT2D eigenvalue weighted by Crippen LogP contribution is 2.40. The number of nitrogens with one attached hydrogen (secondary N) is 1. The van der Waals surface area contributed by atoms with Crippen molar-refractivity contribution in [2.45, 2.75) is 0 Å². The van der Waals surface area contributed by atoms with Gasteiger partial charge >= 0.3 is 0 Å². The molecule has 3 heteroatoms. The Morgan fingerprint density at radius 2 is 1.87 bits per heavy atom. The van der Waals surface area contributed by atoms with Crippen LogP contribution in [0.25, 0.3) is 22.2 Å². The van der Waals surface area contributed by atoms with Crippen LogP contribution >= 0.6 is 0 Å². The number of benzene rings is 1. The lowest BCUT2D eigenvalue weighted by Gasteiger charge is -2.09. The van der Waals surface area contributed by atoms with Crippen LogP contribution in [-0.2, 0) is 0 Å². The smallest absolute Gasteiger partial charge is 0.127 e. The molecule has 0 saturated carbocycles. The number of hydrogen-bond donors (Lipinski definition) is 3. The van der Waals surface area contributed by atoms with Crippen molar-refractivity contribution < 1.29 is 5.11 Å². The Kier molecular flexibility index (Phi) is 1.45. The SMILES string of the molecule is Nc1c2c(O)ccc-2[nH]c2ccccc12. The molecule has 0 bridgehead atoms. The maximum Gasteiger partial charge on any atom is 0.127 e. The minimum absolute atomic E-state index is 0.226. The van der Waals surface area contributed by atoms with Gasteiger partial charge in [0.05, 0.1) is 16.9 Å². The van der Waals surface area contributed by atoms with Gasteiger partial charge in [-0.05, 0) is 18.2 Å². The summed E-state index contributed by atoms with van der Waals surface area (Å²) in [5.74, 6) is 0.226. The number of aromatic nitrogens is 1. The van der Waals surface area contributed by atoms with E-state index in [1.807, 2.05) is 30.3 Å². The Labute approximate surface area is 86.5 Å². The number of fused-ring (bicyclic) bond motifs is 2. The average molecular weight is 198 g/mol. The molecule has 0 atom stereocenters. The Balaban J connectivity index is 2.57. The van der Waals surface area contributed by atoms with Crippen molar-refractivity contribution in [2.75, 3.05) is 5.73 Å². The van der Waals surface area contributed by atoms with Crippen LogP contribution in [0.1, 0.15) is 0 Å². The minimum Gasteiger partial charge on any atom is -0.507 e. The highest BCUT2D eigenvalue weighted by atomic mass is 16.3. The van der Waals surface area contributed by atoms with Crippen molar-refractivity contribution in [3.8, 4) is 17.0 Å². The summed E-state index contributed by atoms with van der Waals surface area (Å²) in [6, 6.07) is 11.3. The van der Waals surface area contributed by atoms with Gasteiger partial charge in [-0.1, -0.05) is 18.2 Å². The van der Waals surface area contributed by atoms with Gasteiger partial charge in [-0.2, -0.15) is 0 Å². The van der Waals surface area contributed by atoms with Crippen molar-refractivity contribution >= 4 is 16.6 Å². The molecule has 1 heterocycles. The molecule has 0 spiro atoms. The van der Waals surface area contributed by atoms with Crippen LogP contribution in [-0.4, -0.2) is 10.1 Å². The average Bonchev–Trinajstić information content (AvgIpc) is 2.61.